The van der Waals surface area contributed by atoms with Crippen LogP contribution in [0.2, 0.25) is 0 Å². The van der Waals surface area contributed by atoms with Gasteiger partial charge >= 0.3 is 0 Å². The second kappa shape index (κ2) is 6.32. The molecule has 2 nitrogen and oxygen atoms in total. The second-order valence-electron chi connectivity index (χ2n) is 6.15. The molecule has 2 heteroatoms. The molecule has 4 rings (SSSR count). The van der Waals surface area contributed by atoms with E-state index in [2.05, 4.69) is 71.5 Å². The van der Waals surface area contributed by atoms with Crippen molar-refractivity contribution in [2.45, 2.75) is 19.8 Å². The summed E-state index contributed by atoms with van der Waals surface area (Å²) in [5, 5.41) is 0. The third-order valence-electron chi connectivity index (χ3n) is 4.46. The molecule has 0 bridgehead atoms. The first-order chi connectivity index (χ1) is 11.8. The van der Waals surface area contributed by atoms with Crippen molar-refractivity contribution in [3.63, 3.8) is 0 Å². The lowest BCUT2D eigenvalue weighted by Gasteiger charge is -2.04. The zero-order valence-electron chi connectivity index (χ0n) is 13.8. The molecule has 0 spiro atoms. The molecule has 0 radical (unpaired) electrons. The van der Waals surface area contributed by atoms with Crippen molar-refractivity contribution < 1.29 is 0 Å². The molecule has 1 aromatic heterocycles. The van der Waals surface area contributed by atoms with Crippen LogP contribution in [0.25, 0.3) is 22.4 Å². The number of aryl methyl sites for hydroxylation is 1. The van der Waals surface area contributed by atoms with Crippen molar-refractivity contribution in [3.05, 3.63) is 89.5 Å². The summed E-state index contributed by atoms with van der Waals surface area (Å²) >= 11 is 0. The van der Waals surface area contributed by atoms with E-state index < -0.39 is 0 Å². The van der Waals surface area contributed by atoms with Gasteiger partial charge in [0, 0.05) is 5.56 Å². The van der Waals surface area contributed by atoms with Gasteiger partial charge in [-0.05, 0) is 41.7 Å². The van der Waals surface area contributed by atoms with Gasteiger partial charge in [-0.3, -0.25) is 0 Å². The van der Waals surface area contributed by atoms with E-state index in [-0.39, 0.29) is 0 Å². The van der Waals surface area contributed by atoms with Crippen LogP contribution in [0.15, 0.2) is 72.8 Å². The van der Waals surface area contributed by atoms with Crippen molar-refractivity contribution in [2.75, 3.05) is 0 Å². The van der Waals surface area contributed by atoms with E-state index in [0.29, 0.717) is 0 Å². The minimum atomic E-state index is 0.926. The smallest absolute Gasteiger partial charge is 0.138 e. The number of hydrogen-bond acceptors (Lipinski definition) is 1. The van der Waals surface area contributed by atoms with E-state index in [0.717, 1.165) is 35.3 Å². The first kappa shape index (κ1) is 14.7. The van der Waals surface area contributed by atoms with Gasteiger partial charge < -0.3 is 4.98 Å². The number of hydrogen-bond donors (Lipinski definition) is 1. The Balaban J connectivity index is 1.55. The molecule has 0 atom stereocenters. The monoisotopic (exact) mass is 312 g/mol. The van der Waals surface area contributed by atoms with Gasteiger partial charge in [0.05, 0.1) is 11.0 Å². The summed E-state index contributed by atoms with van der Waals surface area (Å²) in [5.41, 5.74) is 7.26. The average molecular weight is 312 g/mol. The first-order valence-electron chi connectivity index (χ1n) is 8.44. The number of fused-ring (bicyclic) bond motifs is 1. The molecule has 118 valence electrons. The molecule has 0 saturated carbocycles. The van der Waals surface area contributed by atoms with E-state index in [1.807, 2.05) is 18.2 Å². The van der Waals surface area contributed by atoms with Gasteiger partial charge in [-0.25, -0.2) is 4.98 Å². The quantitative estimate of drug-likeness (QED) is 0.538. The molecular formula is C22H20N2. The van der Waals surface area contributed by atoms with Crippen LogP contribution in [0.3, 0.4) is 0 Å². The zero-order valence-corrected chi connectivity index (χ0v) is 13.8. The molecule has 1 heterocycles. The molecule has 0 amide bonds. The van der Waals surface area contributed by atoms with Gasteiger partial charge in [-0.1, -0.05) is 67.6 Å². The third-order valence-corrected chi connectivity index (χ3v) is 4.46. The Morgan fingerprint density at radius 1 is 0.750 bits per heavy atom. The van der Waals surface area contributed by atoms with Crippen molar-refractivity contribution in [2.24, 2.45) is 0 Å². The molecule has 24 heavy (non-hydrogen) atoms. The number of rotatable bonds is 4. The number of aromatic amines is 1. The highest BCUT2D eigenvalue weighted by atomic mass is 14.9. The maximum absolute atomic E-state index is 4.66. The van der Waals surface area contributed by atoms with Crippen molar-refractivity contribution >= 4 is 11.0 Å². The van der Waals surface area contributed by atoms with Crippen LogP contribution in [-0.2, 0) is 12.8 Å². The molecule has 3 aromatic carbocycles. The van der Waals surface area contributed by atoms with E-state index in [9.17, 15) is 0 Å². The molecule has 0 aliphatic heterocycles. The predicted octanol–water partition coefficient (Wildman–Crippen LogP) is 5.38. The van der Waals surface area contributed by atoms with Crippen LogP contribution in [0.1, 0.15) is 23.6 Å². The van der Waals surface area contributed by atoms with Crippen LogP contribution >= 0.6 is 0 Å². The number of para-hydroxylation sites is 2. The van der Waals surface area contributed by atoms with Gasteiger partial charge in [-0.2, -0.15) is 0 Å². The lowest BCUT2D eigenvalue weighted by molar-refractivity contribution is 1.12. The van der Waals surface area contributed by atoms with Crippen molar-refractivity contribution in [3.8, 4) is 11.4 Å². The van der Waals surface area contributed by atoms with Crippen LogP contribution in [0.5, 0.6) is 0 Å². The topological polar surface area (TPSA) is 28.7 Å². The molecular weight excluding hydrogens is 292 g/mol. The summed E-state index contributed by atoms with van der Waals surface area (Å²) in [6.07, 6.45) is 2.05. The average Bonchev–Trinajstić information content (AvgIpc) is 3.07. The standard InChI is InChI=1S/C22H20N2/c1-2-16-7-9-17(10-8-16)15-18-11-13-19(14-12-18)22-23-20-5-3-4-6-21(20)24-22/h3-14H,2,15H2,1H3,(H,23,24). The number of nitrogens with one attached hydrogen (secondary N) is 1. The molecule has 0 fully saturated rings. The first-order valence-corrected chi connectivity index (χ1v) is 8.44. The van der Waals surface area contributed by atoms with Crippen molar-refractivity contribution in [1.82, 2.24) is 9.97 Å². The second-order valence-corrected chi connectivity index (χ2v) is 6.15. The Kier molecular flexibility index (Phi) is 3.87. The summed E-state index contributed by atoms with van der Waals surface area (Å²) in [5.74, 6) is 0.926. The summed E-state index contributed by atoms with van der Waals surface area (Å²) in [7, 11) is 0. The molecule has 0 aliphatic carbocycles. The third kappa shape index (κ3) is 2.95. The number of imidazole rings is 1. The number of benzene rings is 3. The maximum Gasteiger partial charge on any atom is 0.138 e. The molecule has 0 saturated heterocycles. The number of nitrogens with zero attached hydrogens (tertiary/aromatic N) is 1. The Morgan fingerprint density at radius 3 is 2.04 bits per heavy atom. The minimum Gasteiger partial charge on any atom is -0.338 e. The molecule has 0 unspecified atom stereocenters. The van der Waals surface area contributed by atoms with E-state index >= 15 is 0 Å². The van der Waals surface area contributed by atoms with E-state index in [1.165, 1.54) is 16.7 Å². The van der Waals surface area contributed by atoms with Crippen LogP contribution in [0.4, 0.5) is 0 Å². The minimum absolute atomic E-state index is 0.926. The van der Waals surface area contributed by atoms with Crippen molar-refractivity contribution in [1.29, 1.82) is 0 Å². The lowest BCUT2D eigenvalue weighted by atomic mass is 10.0. The van der Waals surface area contributed by atoms with Crippen LogP contribution < -0.4 is 0 Å². The molecule has 1 N–H and O–H groups in total. The number of aromatic nitrogens is 2. The highest BCUT2D eigenvalue weighted by Crippen LogP contribution is 2.21. The largest absolute Gasteiger partial charge is 0.338 e. The SMILES string of the molecule is CCc1ccc(Cc2ccc(-c3nc4ccccc4[nH]3)cc2)cc1. The fourth-order valence-corrected chi connectivity index (χ4v) is 3.00. The summed E-state index contributed by atoms with van der Waals surface area (Å²) in [4.78, 5) is 8.04. The highest BCUT2D eigenvalue weighted by Gasteiger charge is 2.05. The summed E-state index contributed by atoms with van der Waals surface area (Å²) in [6.45, 7) is 2.19. The Morgan fingerprint density at radius 2 is 1.38 bits per heavy atom. The predicted molar refractivity (Wildman–Crippen MR) is 100 cm³/mol. The Hall–Kier alpha value is -2.87. The van der Waals surface area contributed by atoms with Crippen LogP contribution in [-0.4, -0.2) is 9.97 Å². The van der Waals surface area contributed by atoms with E-state index in [1.54, 1.807) is 0 Å². The van der Waals surface area contributed by atoms with Gasteiger partial charge in [0.15, 0.2) is 0 Å². The van der Waals surface area contributed by atoms with E-state index in [4.69, 9.17) is 0 Å². The fraction of sp³-hybridized carbons (Fsp3) is 0.136. The van der Waals surface area contributed by atoms with Gasteiger partial charge in [0.2, 0.25) is 0 Å². The zero-order chi connectivity index (χ0) is 16.4. The summed E-state index contributed by atoms with van der Waals surface area (Å²) in [6, 6.07) is 25.7. The number of H-pyrrole nitrogens is 1. The van der Waals surface area contributed by atoms with Crippen LogP contribution in [0, 0.1) is 0 Å². The lowest BCUT2D eigenvalue weighted by Crippen LogP contribution is -1.90. The molecule has 0 aliphatic rings. The fourth-order valence-electron chi connectivity index (χ4n) is 3.00. The highest BCUT2D eigenvalue weighted by molar-refractivity contribution is 5.79. The molecule has 4 aromatic rings. The van der Waals surface area contributed by atoms with Gasteiger partial charge in [-0.15, -0.1) is 0 Å². The normalized spacial score (nSPS) is 11.0. The maximum atomic E-state index is 4.66. The van der Waals surface area contributed by atoms with Gasteiger partial charge in [0.25, 0.3) is 0 Å². The Labute approximate surface area is 142 Å². The summed E-state index contributed by atoms with van der Waals surface area (Å²) < 4.78 is 0. The van der Waals surface area contributed by atoms with Gasteiger partial charge in [0.1, 0.15) is 5.82 Å². The Bertz CT molecular complexity index is 914.